The summed E-state index contributed by atoms with van der Waals surface area (Å²) in [7, 11) is 0. The fraction of sp³-hybridized carbons (Fsp3) is 0.250. The Kier molecular flexibility index (Phi) is 31.8. The molecule has 10 aromatic rings. The Balaban J connectivity index is 0.000000183. The second-order valence-electron chi connectivity index (χ2n) is 21.3. The summed E-state index contributed by atoms with van der Waals surface area (Å²) < 4.78 is 2.83. The van der Waals surface area contributed by atoms with Gasteiger partial charge in [0, 0.05) is 0 Å². The van der Waals surface area contributed by atoms with Gasteiger partial charge < -0.3 is 24.8 Å². The molecule has 0 amide bonds. The molecule has 0 spiro atoms. The van der Waals surface area contributed by atoms with Gasteiger partial charge in [-0.15, -0.1) is 79.5 Å². The average Bonchev–Trinajstić information content (AvgIpc) is 3.88. The van der Waals surface area contributed by atoms with E-state index >= 15 is 0 Å². The summed E-state index contributed by atoms with van der Waals surface area (Å²) >= 11 is 2.92. The van der Waals surface area contributed by atoms with Gasteiger partial charge in [-0.3, -0.25) is 12.2 Å². The zero-order valence-electron chi connectivity index (χ0n) is 50.5. The minimum atomic E-state index is 0. The van der Waals surface area contributed by atoms with Crippen LogP contribution in [0.1, 0.15) is 141 Å². The van der Waals surface area contributed by atoms with Gasteiger partial charge in [0.15, 0.2) is 0 Å². The quantitative estimate of drug-likeness (QED) is 0.0846. The van der Waals surface area contributed by atoms with E-state index in [1.54, 1.807) is 11.1 Å². The molecule has 0 radical (unpaired) electrons. The van der Waals surface area contributed by atoms with Crippen LogP contribution >= 0.6 is 0 Å². The zero-order valence-corrected chi connectivity index (χ0v) is 56.9. The van der Waals surface area contributed by atoms with Crippen molar-refractivity contribution in [1.29, 1.82) is 0 Å². The third-order valence-electron chi connectivity index (χ3n) is 14.8. The molecule has 428 valence electrons. The molecule has 2 atom stereocenters. The molecule has 0 nitrogen and oxygen atoms in total. The van der Waals surface area contributed by atoms with Crippen LogP contribution in [-0.4, -0.2) is 6.41 Å². The van der Waals surface area contributed by atoms with Crippen molar-refractivity contribution in [3.05, 3.63) is 299 Å². The molecule has 84 heavy (non-hydrogen) atoms. The van der Waals surface area contributed by atoms with Crippen LogP contribution in [0.5, 0.6) is 0 Å². The van der Waals surface area contributed by atoms with Gasteiger partial charge in [-0.1, -0.05) is 203 Å². The smallest absolute Gasteiger partial charge is 0.0771 e. The summed E-state index contributed by atoms with van der Waals surface area (Å²) in [4.78, 5) is 0. The maximum absolute atomic E-state index is 3.65. The predicted molar refractivity (Wildman–Crippen MR) is 352 cm³/mol. The molecule has 0 aliphatic heterocycles. The molecule has 2 aliphatic carbocycles. The standard InChI is InChI=1S/2C14H23.2C13H9.2C13H10.2ClH.2Zr/c2*1-4-7-12-10-13(8-5-2)14(11-12)9-6-3;2*1-3-7-12-10(5-1)9-11-6-2-4-8-13(11)12;2*1-3-7-12(8-4-1)11-13-9-5-2-6-10-13;;;;/h2*10,12H,4-9H2,1-3H3;2*1-9H;2*1-10H;2*1H;;/q4*-1;;;;;2*+2/p-2. The second-order valence-corrected chi connectivity index (χ2v) is 23.7. The summed E-state index contributed by atoms with van der Waals surface area (Å²) in [5.41, 5.74) is 11.5. The van der Waals surface area contributed by atoms with E-state index in [9.17, 15) is 0 Å². The second kappa shape index (κ2) is 38.6. The summed E-state index contributed by atoms with van der Waals surface area (Å²) in [5.74, 6) is 1.26. The number of benzene rings is 8. The van der Waals surface area contributed by atoms with Crippen LogP contribution < -0.4 is 24.8 Å². The first-order chi connectivity index (χ1) is 40.3. The largest absolute Gasteiger partial charge is 0.126 e. The van der Waals surface area contributed by atoms with Crippen molar-refractivity contribution in [3.8, 4) is 0 Å². The molecule has 0 heterocycles. The molecule has 0 saturated heterocycles. The predicted octanol–water partition coefficient (Wildman–Crippen LogP) is 16.4. The summed E-state index contributed by atoms with van der Waals surface area (Å²) in [6.07, 6.45) is 27.3. The van der Waals surface area contributed by atoms with E-state index in [1.165, 1.54) is 208 Å². The molecule has 0 fully saturated rings. The van der Waals surface area contributed by atoms with E-state index in [1.807, 2.05) is 0 Å². The normalized spacial score (nSPS) is 13.7. The number of allylic oxidation sites excluding steroid dienone is 8. The van der Waals surface area contributed by atoms with E-state index in [0.717, 1.165) is 0 Å². The van der Waals surface area contributed by atoms with Crippen LogP contribution in [0, 0.1) is 24.0 Å². The molecule has 0 aromatic heterocycles. The van der Waals surface area contributed by atoms with Gasteiger partial charge >= 0.3 is 198 Å². The Morgan fingerprint density at radius 2 is 0.560 bits per heavy atom. The molecular weight excluding hydrogens is 1210 g/mol. The van der Waals surface area contributed by atoms with Crippen molar-refractivity contribution in [3.63, 3.8) is 0 Å². The summed E-state index contributed by atoms with van der Waals surface area (Å²) in [6, 6.07) is 80.8. The third kappa shape index (κ3) is 20.9. The van der Waals surface area contributed by atoms with Gasteiger partial charge in [0.1, 0.15) is 0 Å². The van der Waals surface area contributed by atoms with Gasteiger partial charge in [-0.25, -0.2) is 11.1 Å². The van der Waals surface area contributed by atoms with E-state index in [4.69, 9.17) is 0 Å². The molecule has 0 N–H and O–H groups in total. The Labute approximate surface area is 547 Å². The zero-order chi connectivity index (χ0) is 57.7. The SMILES string of the molecule is CCCC1=[C-]C(CCC)C=C1CCC.CCCC1=[C-]C(CCC)C=C1CCC.[Cl-].[Cl-].[Zr+2]=[C](c1ccccc1)c1ccccc1.[Zr+2]=[C](c1ccccc1)c1ccccc1.c1ccc2c(c1)[cH-]c1ccccc12.c1ccc2c(c1)[cH-]c1ccccc12. The molecule has 2 unspecified atom stereocenters. The van der Waals surface area contributed by atoms with Crippen molar-refractivity contribution >= 4 is 49.5 Å². The first-order valence-corrected chi connectivity index (χ1v) is 32.9. The molecule has 4 heteroatoms. The monoisotopic (exact) mass is 1290 g/mol. The van der Waals surface area contributed by atoms with Gasteiger partial charge in [0.05, 0.1) is 0 Å². The Bertz CT molecular complexity index is 3160. The fourth-order valence-electron chi connectivity index (χ4n) is 10.9. The molecule has 12 rings (SSSR count). The van der Waals surface area contributed by atoms with Crippen LogP contribution in [0.3, 0.4) is 0 Å². The van der Waals surface area contributed by atoms with Crippen LogP contribution in [0.2, 0.25) is 0 Å². The van der Waals surface area contributed by atoms with Gasteiger partial charge in [-0.05, 0) is 0 Å². The van der Waals surface area contributed by atoms with Crippen LogP contribution in [0.25, 0.3) is 43.1 Å². The van der Waals surface area contributed by atoms with Crippen molar-refractivity contribution in [2.45, 2.75) is 119 Å². The van der Waals surface area contributed by atoms with Gasteiger partial charge in [0.2, 0.25) is 0 Å². The van der Waals surface area contributed by atoms with Crippen molar-refractivity contribution in [1.82, 2.24) is 0 Å². The van der Waals surface area contributed by atoms with Gasteiger partial charge in [-0.2, -0.15) is 23.3 Å². The Morgan fingerprint density at radius 1 is 0.321 bits per heavy atom. The first-order valence-electron chi connectivity index (χ1n) is 30.4. The van der Waals surface area contributed by atoms with E-state index < -0.39 is 0 Å². The minimum absolute atomic E-state index is 0. The molecule has 10 aromatic carbocycles. The molecule has 0 bridgehead atoms. The van der Waals surface area contributed by atoms with E-state index in [2.05, 4.69) is 296 Å². The van der Waals surface area contributed by atoms with Crippen LogP contribution in [0.15, 0.2) is 265 Å². The van der Waals surface area contributed by atoms with E-state index in [0.29, 0.717) is 11.8 Å². The maximum Gasteiger partial charge on any atom is -0.0771 e. The Morgan fingerprint density at radius 3 is 0.798 bits per heavy atom. The minimum Gasteiger partial charge on any atom is -0.126 e. The summed E-state index contributed by atoms with van der Waals surface area (Å²) in [6.45, 7) is 13.5. The maximum atomic E-state index is 3.65. The van der Waals surface area contributed by atoms with Gasteiger partial charge in [0.25, 0.3) is 0 Å². The fourth-order valence-corrected chi connectivity index (χ4v) is 12.5. The molecule has 2 aliphatic rings. The van der Waals surface area contributed by atoms with Crippen molar-refractivity contribution in [2.24, 2.45) is 11.8 Å². The molecular formula is C80H84Cl2Zr2-2. The number of rotatable bonds is 16. The first kappa shape index (κ1) is 69.3. The number of hydrogen-bond donors (Lipinski definition) is 0. The third-order valence-corrected chi connectivity index (χ3v) is 17.7. The van der Waals surface area contributed by atoms with Crippen molar-refractivity contribution in [2.75, 3.05) is 0 Å². The average molecular weight is 1300 g/mol. The molecule has 0 saturated carbocycles. The number of halogens is 2. The number of hydrogen-bond acceptors (Lipinski definition) is 0. The van der Waals surface area contributed by atoms with Crippen LogP contribution in [0.4, 0.5) is 0 Å². The van der Waals surface area contributed by atoms with Crippen molar-refractivity contribution < 1.29 is 73.3 Å². The topological polar surface area (TPSA) is 0 Å². The van der Waals surface area contributed by atoms with E-state index in [-0.39, 0.29) is 24.8 Å². The summed E-state index contributed by atoms with van der Waals surface area (Å²) in [5, 5.41) is 10.8. The van der Waals surface area contributed by atoms with Crippen LogP contribution in [-0.2, 0) is 48.5 Å². The number of fused-ring (bicyclic) bond motifs is 6. The Hall–Kier alpha value is -5.45.